The molecule has 7 nitrogen and oxygen atoms in total. The molecule has 1 atom stereocenters. The fraction of sp³-hybridized carbons (Fsp3) is 0.481. The van der Waals surface area contributed by atoms with Crippen LogP contribution >= 0.6 is 0 Å². The molecule has 2 fully saturated rings. The van der Waals surface area contributed by atoms with Gasteiger partial charge in [0.2, 0.25) is 0 Å². The number of aliphatic hydroxyl groups is 1. The van der Waals surface area contributed by atoms with Crippen LogP contribution in [0.2, 0.25) is 0 Å². The summed E-state index contributed by atoms with van der Waals surface area (Å²) in [4.78, 5) is 11.2. The first-order valence-electron chi connectivity index (χ1n) is 12.7. The van der Waals surface area contributed by atoms with E-state index in [1.165, 1.54) is 18.5 Å². The van der Waals surface area contributed by atoms with Crippen molar-refractivity contribution in [2.45, 2.75) is 45.1 Å². The molecule has 1 N–H and O–H groups in total. The number of nitrogens with zero attached hydrogens (tertiary/aromatic N) is 4. The zero-order chi connectivity index (χ0) is 25.1. The Hall–Kier alpha value is -2.62. The molecule has 2 aliphatic heterocycles. The summed E-state index contributed by atoms with van der Waals surface area (Å²) >= 11 is 0. The lowest BCUT2D eigenvalue weighted by atomic mass is 10.0. The van der Waals surface area contributed by atoms with Crippen molar-refractivity contribution < 1.29 is 18.4 Å². The second-order valence-electron chi connectivity index (χ2n) is 9.79. The van der Waals surface area contributed by atoms with E-state index >= 15 is 0 Å². The van der Waals surface area contributed by atoms with Crippen molar-refractivity contribution in [3.05, 3.63) is 59.3 Å². The van der Waals surface area contributed by atoms with Crippen LogP contribution in [0.4, 0.5) is 10.1 Å². The molecule has 192 valence electrons. The summed E-state index contributed by atoms with van der Waals surface area (Å²) in [6.45, 7) is 4.37. The molecular formula is C27H33FN4O3S. The Morgan fingerprint density at radius 3 is 2.83 bits per heavy atom. The lowest BCUT2D eigenvalue weighted by Crippen LogP contribution is -2.42. The summed E-state index contributed by atoms with van der Waals surface area (Å²) in [6, 6.07) is 8.51. The number of β-amino-alcohol motifs (C(OH)–C–C–N with tert-alkyl or cyclic N) is 1. The zero-order valence-electron chi connectivity index (χ0n) is 20.7. The first-order chi connectivity index (χ1) is 17.4. The van der Waals surface area contributed by atoms with E-state index in [4.69, 9.17) is 4.74 Å². The van der Waals surface area contributed by atoms with E-state index in [9.17, 15) is 13.7 Å². The van der Waals surface area contributed by atoms with Crippen molar-refractivity contribution in [2.24, 2.45) is 4.36 Å². The van der Waals surface area contributed by atoms with Crippen LogP contribution in [0, 0.1) is 12.7 Å². The van der Waals surface area contributed by atoms with Gasteiger partial charge in [0.15, 0.2) is 0 Å². The Morgan fingerprint density at radius 2 is 2.03 bits per heavy atom. The predicted molar refractivity (Wildman–Crippen MR) is 140 cm³/mol. The van der Waals surface area contributed by atoms with E-state index in [0.717, 1.165) is 60.0 Å². The van der Waals surface area contributed by atoms with E-state index in [1.807, 2.05) is 19.1 Å². The fourth-order valence-corrected chi connectivity index (χ4v) is 7.46. The number of hydrogen-bond donors (Lipinski definition) is 1. The van der Waals surface area contributed by atoms with Gasteiger partial charge in [0.1, 0.15) is 24.0 Å². The van der Waals surface area contributed by atoms with Crippen molar-refractivity contribution in [3.63, 3.8) is 0 Å². The van der Waals surface area contributed by atoms with Crippen molar-refractivity contribution in [1.82, 2.24) is 14.9 Å². The molecule has 0 amide bonds. The normalized spacial score (nSPS) is 20.0. The molecule has 5 rings (SSSR count). The van der Waals surface area contributed by atoms with E-state index in [0.29, 0.717) is 42.5 Å². The van der Waals surface area contributed by atoms with Gasteiger partial charge in [0.05, 0.1) is 33.2 Å². The lowest BCUT2D eigenvalue weighted by Gasteiger charge is -2.32. The van der Waals surface area contributed by atoms with Crippen LogP contribution < -0.4 is 4.74 Å². The van der Waals surface area contributed by atoms with E-state index < -0.39 is 9.73 Å². The highest BCUT2D eigenvalue weighted by atomic mass is 32.2. The standard InChI is InChI=1S/C27H33FN4O3S/c1-19-13-22(31-36(34)11-2-3-12-36)16-25-27(19)24(29-18-30-25)14-20-6-7-21(28)15-26(20)35-23-5-4-8-32(17-23)9-10-33/h6-7,13,15-16,18,23,33H,2-5,8-12,14,17H2,1H3/t23-/m1/s1. The molecule has 2 saturated heterocycles. The Morgan fingerprint density at radius 1 is 1.19 bits per heavy atom. The summed E-state index contributed by atoms with van der Waals surface area (Å²) in [7, 11) is -2.17. The molecule has 0 saturated carbocycles. The lowest BCUT2D eigenvalue weighted by molar-refractivity contribution is 0.0760. The van der Waals surface area contributed by atoms with Crippen molar-refractivity contribution >= 4 is 26.3 Å². The SMILES string of the molecule is Cc1cc(N=S2(=O)CCCC2)cc2ncnc(Cc3ccc(F)cc3O[C@@H]3CCCN(CCO)C3)c12. The Labute approximate surface area is 211 Å². The third kappa shape index (κ3) is 5.68. The Kier molecular flexibility index (Phi) is 7.50. The molecule has 9 heteroatoms. The molecule has 0 radical (unpaired) electrons. The number of aryl methyl sites for hydroxylation is 1. The van der Waals surface area contributed by atoms with Gasteiger partial charge in [-0.1, -0.05) is 6.07 Å². The number of ether oxygens (including phenoxy) is 1. The molecule has 3 heterocycles. The topological polar surface area (TPSA) is 87.9 Å². The maximum Gasteiger partial charge on any atom is 0.126 e. The maximum atomic E-state index is 14.2. The fourth-order valence-electron chi connectivity index (χ4n) is 5.28. The molecule has 3 aromatic rings. The van der Waals surface area contributed by atoms with Gasteiger partial charge in [-0.25, -0.2) is 18.6 Å². The number of piperidine rings is 1. The highest BCUT2D eigenvalue weighted by Crippen LogP contribution is 2.31. The number of rotatable bonds is 7. The molecular weight excluding hydrogens is 479 g/mol. The van der Waals surface area contributed by atoms with Crippen LogP contribution in [0.1, 0.15) is 42.5 Å². The number of aromatic nitrogens is 2. The minimum Gasteiger partial charge on any atom is -0.489 e. The summed E-state index contributed by atoms with van der Waals surface area (Å²) < 4.78 is 38.1. The third-order valence-electron chi connectivity index (χ3n) is 7.01. The van der Waals surface area contributed by atoms with Gasteiger partial charge in [-0.3, -0.25) is 4.90 Å². The van der Waals surface area contributed by atoms with Gasteiger partial charge < -0.3 is 9.84 Å². The first-order valence-corrected chi connectivity index (χ1v) is 14.5. The monoisotopic (exact) mass is 512 g/mol. The number of likely N-dealkylation sites (tertiary alicyclic amines) is 1. The highest BCUT2D eigenvalue weighted by Gasteiger charge is 2.23. The molecule has 1 aromatic heterocycles. The van der Waals surface area contributed by atoms with Gasteiger partial charge >= 0.3 is 0 Å². The smallest absolute Gasteiger partial charge is 0.126 e. The van der Waals surface area contributed by atoms with Gasteiger partial charge in [-0.15, -0.1) is 0 Å². The minimum absolute atomic E-state index is 0.0589. The minimum atomic E-state index is -2.17. The second kappa shape index (κ2) is 10.8. The summed E-state index contributed by atoms with van der Waals surface area (Å²) in [6.07, 6.45) is 5.74. The number of hydrogen-bond acceptors (Lipinski definition) is 7. The summed E-state index contributed by atoms with van der Waals surface area (Å²) in [5, 5.41) is 10.2. The van der Waals surface area contributed by atoms with Crippen molar-refractivity contribution in [1.29, 1.82) is 0 Å². The van der Waals surface area contributed by atoms with E-state index in [2.05, 4.69) is 19.2 Å². The van der Waals surface area contributed by atoms with Gasteiger partial charge in [-0.2, -0.15) is 4.36 Å². The molecule has 0 aliphatic carbocycles. The molecule has 0 bridgehead atoms. The van der Waals surface area contributed by atoms with Crippen LogP contribution in [-0.4, -0.2) is 68.0 Å². The first kappa shape index (κ1) is 25.0. The molecule has 36 heavy (non-hydrogen) atoms. The molecule has 0 spiro atoms. The van der Waals surface area contributed by atoms with E-state index in [1.54, 1.807) is 6.07 Å². The predicted octanol–water partition coefficient (Wildman–Crippen LogP) is 4.40. The van der Waals surface area contributed by atoms with Crippen LogP contribution in [0.3, 0.4) is 0 Å². The third-order valence-corrected chi connectivity index (χ3v) is 9.40. The van der Waals surface area contributed by atoms with Crippen LogP contribution in [0.25, 0.3) is 10.9 Å². The van der Waals surface area contributed by atoms with Gasteiger partial charge in [0, 0.05) is 48.0 Å². The Balaban J connectivity index is 1.44. The molecule has 2 aliphatic rings. The molecule has 2 aromatic carbocycles. The number of aliphatic hydroxyl groups excluding tert-OH is 1. The van der Waals surface area contributed by atoms with Crippen LogP contribution in [0.5, 0.6) is 5.75 Å². The van der Waals surface area contributed by atoms with Crippen LogP contribution in [-0.2, 0) is 16.1 Å². The van der Waals surface area contributed by atoms with E-state index in [-0.39, 0.29) is 18.5 Å². The summed E-state index contributed by atoms with van der Waals surface area (Å²) in [5.41, 5.74) is 4.12. The van der Waals surface area contributed by atoms with Gasteiger partial charge in [0.25, 0.3) is 0 Å². The number of fused-ring (bicyclic) bond motifs is 1. The summed E-state index contributed by atoms with van der Waals surface area (Å²) in [5.74, 6) is 1.50. The highest BCUT2D eigenvalue weighted by molar-refractivity contribution is 7.93. The Bertz CT molecular complexity index is 1360. The largest absolute Gasteiger partial charge is 0.489 e. The van der Waals surface area contributed by atoms with Crippen LogP contribution in [0.15, 0.2) is 41.0 Å². The average molecular weight is 513 g/mol. The second-order valence-corrected chi connectivity index (χ2v) is 12.3. The van der Waals surface area contributed by atoms with Crippen molar-refractivity contribution in [3.8, 4) is 5.75 Å². The van der Waals surface area contributed by atoms with Gasteiger partial charge in [-0.05, 0) is 62.9 Å². The quantitative estimate of drug-likeness (QED) is 0.505. The zero-order valence-corrected chi connectivity index (χ0v) is 21.5. The maximum absolute atomic E-state index is 14.2. The number of halogens is 1. The van der Waals surface area contributed by atoms with Crippen molar-refractivity contribution in [2.75, 3.05) is 37.7 Å². The molecule has 0 unspecified atom stereocenters. The average Bonchev–Trinajstić information content (AvgIpc) is 3.27. The number of benzene rings is 2.